The van der Waals surface area contributed by atoms with Gasteiger partial charge in [-0.2, -0.15) is 0 Å². The van der Waals surface area contributed by atoms with E-state index in [2.05, 4.69) is 29.5 Å². The lowest BCUT2D eigenvalue weighted by molar-refractivity contribution is 0.346. The quantitative estimate of drug-likeness (QED) is 0.697. The zero-order valence-electron chi connectivity index (χ0n) is 14.4. The monoisotopic (exact) mass is 310 g/mol. The number of hydrogen-bond acceptors (Lipinski definition) is 2. The Kier molecular flexibility index (Phi) is 4.85. The highest BCUT2D eigenvalue weighted by atomic mass is 16.5. The molecule has 0 aliphatic heterocycles. The molecule has 3 nitrogen and oxygen atoms in total. The lowest BCUT2D eigenvalue weighted by Crippen LogP contribution is -2.15. The molecule has 1 aromatic heterocycles. The van der Waals surface area contributed by atoms with Gasteiger partial charge < -0.3 is 9.30 Å². The van der Waals surface area contributed by atoms with Crippen LogP contribution in [0.1, 0.15) is 55.1 Å². The largest absolute Gasteiger partial charge is 0.497 e. The minimum Gasteiger partial charge on any atom is -0.497 e. The van der Waals surface area contributed by atoms with Gasteiger partial charge in [-0.15, -0.1) is 0 Å². The predicted molar refractivity (Wildman–Crippen MR) is 96.3 cm³/mol. The van der Waals surface area contributed by atoms with Crippen molar-refractivity contribution in [2.45, 2.75) is 52.0 Å². The molecule has 2 aromatic rings. The number of benzene rings is 1. The second-order valence-electron chi connectivity index (χ2n) is 6.45. The Hall–Kier alpha value is -2.03. The molecule has 23 heavy (non-hydrogen) atoms. The number of aromatic nitrogens is 1. The number of aliphatic imine (C=N–C) groups is 1. The highest BCUT2D eigenvalue weighted by molar-refractivity contribution is 5.84. The number of nitrogens with zero attached hydrogens (tertiary/aromatic N) is 2. The van der Waals surface area contributed by atoms with Crippen LogP contribution in [0.3, 0.4) is 0 Å². The van der Waals surface area contributed by atoms with Crippen molar-refractivity contribution in [2.75, 3.05) is 7.11 Å². The fourth-order valence-electron chi connectivity index (χ4n) is 3.67. The zero-order valence-corrected chi connectivity index (χ0v) is 14.4. The van der Waals surface area contributed by atoms with Crippen LogP contribution in [0, 0.1) is 13.8 Å². The molecule has 0 atom stereocenters. The molecule has 3 rings (SSSR count). The molecular formula is C20H26N2O. The summed E-state index contributed by atoms with van der Waals surface area (Å²) >= 11 is 0. The van der Waals surface area contributed by atoms with E-state index >= 15 is 0 Å². The molecule has 3 heteroatoms. The van der Waals surface area contributed by atoms with Gasteiger partial charge in [-0.1, -0.05) is 25.3 Å². The number of hydrogen-bond donors (Lipinski definition) is 0. The van der Waals surface area contributed by atoms with Crippen molar-refractivity contribution in [1.82, 2.24) is 4.57 Å². The van der Waals surface area contributed by atoms with Crippen LogP contribution in [0.5, 0.6) is 5.75 Å². The van der Waals surface area contributed by atoms with Gasteiger partial charge in [0.25, 0.3) is 0 Å². The van der Waals surface area contributed by atoms with E-state index in [1.54, 1.807) is 7.11 Å². The van der Waals surface area contributed by atoms with Gasteiger partial charge >= 0.3 is 0 Å². The summed E-state index contributed by atoms with van der Waals surface area (Å²) in [5.74, 6) is 0.840. The Morgan fingerprint density at radius 3 is 2.65 bits per heavy atom. The highest BCUT2D eigenvalue weighted by Gasteiger charge is 2.19. The molecule has 1 aliphatic carbocycles. The average molecular weight is 310 g/mol. The van der Waals surface area contributed by atoms with E-state index in [9.17, 15) is 0 Å². The van der Waals surface area contributed by atoms with E-state index in [1.165, 1.54) is 49.1 Å². The van der Waals surface area contributed by atoms with Crippen LogP contribution in [-0.4, -0.2) is 17.9 Å². The maximum absolute atomic E-state index is 5.26. The minimum atomic E-state index is 0.669. The lowest BCUT2D eigenvalue weighted by atomic mass is 9.95. The second kappa shape index (κ2) is 7.03. The summed E-state index contributed by atoms with van der Waals surface area (Å²) in [7, 11) is 1.68. The summed E-state index contributed by atoms with van der Waals surface area (Å²) in [5, 5.41) is 0. The van der Waals surface area contributed by atoms with Crippen LogP contribution < -0.4 is 4.74 Å². The van der Waals surface area contributed by atoms with Crippen molar-refractivity contribution in [1.29, 1.82) is 0 Å². The molecule has 0 unspecified atom stereocenters. The van der Waals surface area contributed by atoms with Crippen molar-refractivity contribution >= 4 is 11.9 Å². The third-order valence-corrected chi connectivity index (χ3v) is 4.87. The van der Waals surface area contributed by atoms with Crippen molar-refractivity contribution in [3.63, 3.8) is 0 Å². The van der Waals surface area contributed by atoms with E-state index < -0.39 is 0 Å². The van der Waals surface area contributed by atoms with Gasteiger partial charge in [0.15, 0.2) is 0 Å². The third-order valence-electron chi connectivity index (χ3n) is 4.87. The summed E-state index contributed by atoms with van der Waals surface area (Å²) in [6.07, 6.45) is 8.70. The van der Waals surface area contributed by atoms with Gasteiger partial charge in [0.05, 0.1) is 12.8 Å². The van der Waals surface area contributed by atoms with Crippen molar-refractivity contribution < 1.29 is 4.74 Å². The molecule has 122 valence electrons. The molecule has 0 N–H and O–H groups in total. The summed E-state index contributed by atoms with van der Waals surface area (Å²) in [5.41, 5.74) is 4.82. The summed E-state index contributed by atoms with van der Waals surface area (Å²) in [4.78, 5) is 4.63. The zero-order chi connectivity index (χ0) is 16.2. The Morgan fingerprint density at radius 1 is 1.13 bits per heavy atom. The van der Waals surface area contributed by atoms with Crippen LogP contribution in [0.2, 0.25) is 0 Å². The van der Waals surface area contributed by atoms with Gasteiger partial charge in [0, 0.05) is 35.3 Å². The lowest BCUT2D eigenvalue weighted by Gasteiger charge is -2.26. The third kappa shape index (κ3) is 3.49. The van der Waals surface area contributed by atoms with Crippen LogP contribution in [0.15, 0.2) is 35.3 Å². The molecule has 0 bridgehead atoms. The molecule has 1 aromatic carbocycles. The molecule has 1 heterocycles. The van der Waals surface area contributed by atoms with E-state index in [1.807, 2.05) is 30.5 Å². The van der Waals surface area contributed by atoms with Crippen molar-refractivity contribution in [2.24, 2.45) is 4.99 Å². The first kappa shape index (κ1) is 15.9. The first-order chi connectivity index (χ1) is 11.2. The molecule has 0 radical (unpaired) electrons. The van der Waals surface area contributed by atoms with Crippen molar-refractivity contribution in [3.05, 3.63) is 47.3 Å². The second-order valence-corrected chi connectivity index (χ2v) is 6.45. The molecule has 0 spiro atoms. The highest BCUT2D eigenvalue weighted by Crippen LogP contribution is 2.32. The Morgan fingerprint density at radius 2 is 1.91 bits per heavy atom. The Labute approximate surface area is 139 Å². The van der Waals surface area contributed by atoms with E-state index in [-0.39, 0.29) is 0 Å². The van der Waals surface area contributed by atoms with Crippen LogP contribution in [0.4, 0.5) is 5.69 Å². The summed E-state index contributed by atoms with van der Waals surface area (Å²) in [6, 6.07) is 10.8. The van der Waals surface area contributed by atoms with Gasteiger partial charge in [0.1, 0.15) is 5.75 Å². The fraction of sp³-hybridized carbons (Fsp3) is 0.450. The number of aryl methyl sites for hydroxylation is 1. The van der Waals surface area contributed by atoms with E-state index in [4.69, 9.17) is 4.74 Å². The topological polar surface area (TPSA) is 26.5 Å². The predicted octanol–water partition coefficient (Wildman–Crippen LogP) is 5.37. The maximum atomic E-state index is 5.26. The molecule has 1 saturated carbocycles. The number of rotatable bonds is 4. The normalized spacial score (nSPS) is 16.1. The Balaban J connectivity index is 1.84. The molecule has 1 fully saturated rings. The first-order valence-corrected chi connectivity index (χ1v) is 8.55. The minimum absolute atomic E-state index is 0.669. The molecule has 0 saturated heterocycles. The molecule has 0 amide bonds. The number of ether oxygens (including phenoxy) is 1. The van der Waals surface area contributed by atoms with Gasteiger partial charge in [-0.3, -0.25) is 4.99 Å². The first-order valence-electron chi connectivity index (χ1n) is 8.55. The van der Waals surface area contributed by atoms with Crippen LogP contribution in [0.25, 0.3) is 0 Å². The van der Waals surface area contributed by atoms with E-state index in [0.717, 1.165) is 11.4 Å². The maximum Gasteiger partial charge on any atom is 0.121 e. The van der Waals surface area contributed by atoms with Gasteiger partial charge in [-0.25, -0.2) is 0 Å². The standard InChI is InChI=1S/C20H26N2O/c1-15-12-17(14-21-18-8-7-11-20(13-18)23-3)16(2)22(15)19-9-5-4-6-10-19/h7-8,11-14,19H,4-6,9-10H2,1-3H3. The van der Waals surface area contributed by atoms with Gasteiger partial charge in [-0.05, 0) is 44.9 Å². The van der Waals surface area contributed by atoms with E-state index in [0.29, 0.717) is 6.04 Å². The SMILES string of the molecule is COc1cccc(N=Cc2cc(C)n(C3CCCCC3)c2C)c1. The smallest absolute Gasteiger partial charge is 0.121 e. The summed E-state index contributed by atoms with van der Waals surface area (Å²) < 4.78 is 7.78. The fourth-order valence-corrected chi connectivity index (χ4v) is 3.67. The Bertz CT molecular complexity index is 694. The molecule has 1 aliphatic rings. The molecular weight excluding hydrogens is 284 g/mol. The van der Waals surface area contributed by atoms with Gasteiger partial charge in [0.2, 0.25) is 0 Å². The van der Waals surface area contributed by atoms with Crippen LogP contribution >= 0.6 is 0 Å². The number of methoxy groups -OCH3 is 1. The summed E-state index contributed by atoms with van der Waals surface area (Å²) in [6.45, 7) is 4.43. The van der Waals surface area contributed by atoms with Crippen LogP contribution in [-0.2, 0) is 0 Å². The van der Waals surface area contributed by atoms with Crippen molar-refractivity contribution in [3.8, 4) is 5.75 Å². The average Bonchev–Trinajstić information content (AvgIpc) is 2.88.